The second-order valence-electron chi connectivity index (χ2n) is 19.7. The number of pyridine rings is 1. The molecule has 5 nitrogen and oxygen atoms in total. The van der Waals surface area contributed by atoms with Crippen LogP contribution in [0.15, 0.2) is 182 Å². The van der Waals surface area contributed by atoms with E-state index >= 15 is 0 Å². The summed E-state index contributed by atoms with van der Waals surface area (Å²) in [7, 11) is 0. The maximum absolute atomic E-state index is 6.74. The van der Waals surface area contributed by atoms with Crippen LogP contribution in [0.3, 0.4) is 0 Å². The third-order valence-electron chi connectivity index (χ3n) is 13.4. The van der Waals surface area contributed by atoms with Crippen molar-refractivity contribution >= 4 is 76.5 Å². The fraction of sp³-hybridized carbons (Fsp3) is 0.129. The minimum atomic E-state index is -0.0314. The molecule has 0 radical (unpaired) electrons. The van der Waals surface area contributed by atoms with Gasteiger partial charge in [-0.05, 0) is 113 Å². The predicted molar refractivity (Wildman–Crippen MR) is 280 cm³/mol. The van der Waals surface area contributed by atoms with Gasteiger partial charge in [-0.1, -0.05) is 174 Å². The SMILES string of the molecule is CC(C)(C)c1cccc(-c2cccc3c4ccccc4c4ccccc4c4cccc5c4n(c23)[CH-]N5c2[c-]c(Oc3[c-]c4c(cc3)c3ccccc3n4-c3cc(C(C)(C)C)ccn3)ccc2)c1.[Pt]. The van der Waals surface area contributed by atoms with Crippen LogP contribution in [0, 0.1) is 18.8 Å². The molecule has 0 amide bonds. The zero-order valence-corrected chi connectivity index (χ0v) is 41.2. The number of fused-ring (bicyclic) bond motifs is 10. The summed E-state index contributed by atoms with van der Waals surface area (Å²) in [5.41, 5.74) is 10.9. The van der Waals surface area contributed by atoms with Crippen molar-refractivity contribution in [3.8, 4) is 28.4 Å². The Hall–Kier alpha value is -7.33. The summed E-state index contributed by atoms with van der Waals surface area (Å²) in [5.74, 6) is 2.04. The average molecular weight is 1060 g/mol. The van der Waals surface area contributed by atoms with Crippen LogP contribution in [-0.4, -0.2) is 14.1 Å². The smallest absolute Gasteiger partial charge is 0.135 e. The average Bonchev–Trinajstić information content (AvgIpc) is 3.90. The van der Waals surface area contributed by atoms with Gasteiger partial charge in [-0.3, -0.25) is 0 Å². The molecule has 1 aliphatic heterocycles. The van der Waals surface area contributed by atoms with Crippen molar-refractivity contribution in [3.63, 3.8) is 0 Å². The molecule has 0 unspecified atom stereocenters. The van der Waals surface area contributed by atoms with Gasteiger partial charge in [0.2, 0.25) is 0 Å². The Bertz CT molecular complexity index is 3860. The largest absolute Gasteiger partial charge is 0.509 e. The molecule has 0 spiro atoms. The second kappa shape index (κ2) is 16.5. The molecule has 0 bridgehead atoms. The summed E-state index contributed by atoms with van der Waals surface area (Å²) in [4.78, 5) is 7.14. The number of benzene rings is 8. The Morgan fingerprint density at radius 1 is 0.500 bits per heavy atom. The Balaban J connectivity index is 0.00000507. The second-order valence-corrected chi connectivity index (χ2v) is 19.7. The van der Waals surface area contributed by atoms with Gasteiger partial charge in [-0.15, -0.1) is 35.7 Å². The summed E-state index contributed by atoms with van der Waals surface area (Å²) in [6, 6.07) is 70.5. The fourth-order valence-corrected chi connectivity index (χ4v) is 10.0. The van der Waals surface area contributed by atoms with E-state index in [-0.39, 0.29) is 31.9 Å². The minimum Gasteiger partial charge on any atom is -0.509 e. The van der Waals surface area contributed by atoms with Crippen LogP contribution >= 0.6 is 0 Å². The molecular formula is C62H49N4OPt-3. The normalized spacial score (nSPS) is 12.5. The molecule has 6 heteroatoms. The number of ether oxygens (including phenoxy) is 1. The molecule has 0 saturated carbocycles. The third-order valence-corrected chi connectivity index (χ3v) is 13.4. The molecule has 0 fully saturated rings. The molecule has 0 saturated heterocycles. The van der Waals surface area contributed by atoms with Gasteiger partial charge in [0.15, 0.2) is 0 Å². The summed E-state index contributed by atoms with van der Waals surface area (Å²) >= 11 is 0. The summed E-state index contributed by atoms with van der Waals surface area (Å²) in [6.45, 7) is 15.8. The molecule has 68 heavy (non-hydrogen) atoms. The van der Waals surface area contributed by atoms with E-state index in [0.717, 1.165) is 66.4 Å². The molecule has 11 aromatic rings. The quantitative estimate of drug-likeness (QED) is 0.161. The number of aromatic nitrogens is 3. The van der Waals surface area contributed by atoms with E-state index in [9.17, 15) is 0 Å². The van der Waals surface area contributed by atoms with E-state index in [2.05, 4.69) is 232 Å². The molecular weight excluding hydrogens is 1010 g/mol. The molecule has 3 aromatic heterocycles. The Morgan fingerprint density at radius 2 is 1.09 bits per heavy atom. The topological polar surface area (TPSA) is 35.2 Å². The predicted octanol–water partition coefficient (Wildman–Crippen LogP) is 16.5. The Labute approximate surface area is 411 Å². The van der Waals surface area contributed by atoms with E-state index in [4.69, 9.17) is 9.72 Å². The first-order chi connectivity index (χ1) is 32.5. The van der Waals surface area contributed by atoms with Gasteiger partial charge in [-0.25, -0.2) is 4.98 Å². The van der Waals surface area contributed by atoms with Gasteiger partial charge in [0, 0.05) is 50.0 Å². The summed E-state index contributed by atoms with van der Waals surface area (Å²) in [5, 5.41) is 9.32. The first-order valence-corrected chi connectivity index (χ1v) is 23.1. The van der Waals surface area contributed by atoms with Crippen molar-refractivity contribution in [1.29, 1.82) is 0 Å². The number of nitrogens with zero attached hydrogens (tertiary/aromatic N) is 4. The zero-order chi connectivity index (χ0) is 45.6. The van der Waals surface area contributed by atoms with Gasteiger partial charge >= 0.3 is 0 Å². The molecule has 336 valence electrons. The number of hydrogen-bond acceptors (Lipinski definition) is 3. The number of anilines is 2. The van der Waals surface area contributed by atoms with Gasteiger partial charge < -0.3 is 18.8 Å². The third kappa shape index (κ3) is 7.20. The van der Waals surface area contributed by atoms with E-state index in [0.29, 0.717) is 11.5 Å². The monoisotopic (exact) mass is 1060 g/mol. The Morgan fingerprint density at radius 3 is 1.81 bits per heavy atom. The summed E-state index contributed by atoms with van der Waals surface area (Å²) < 4.78 is 11.4. The van der Waals surface area contributed by atoms with Gasteiger partial charge in [0.05, 0.1) is 0 Å². The first kappa shape index (κ1) is 43.3. The Kier molecular flexibility index (Phi) is 10.5. The van der Waals surface area contributed by atoms with E-state index < -0.39 is 0 Å². The number of rotatable bonds is 5. The molecule has 0 aliphatic carbocycles. The molecule has 0 atom stereocenters. The molecule has 12 rings (SSSR count). The molecule has 0 N–H and O–H groups in total. The number of para-hydroxylation sites is 3. The van der Waals surface area contributed by atoms with Crippen LogP contribution in [0.4, 0.5) is 11.4 Å². The van der Waals surface area contributed by atoms with Crippen molar-refractivity contribution in [3.05, 3.63) is 212 Å². The van der Waals surface area contributed by atoms with Crippen molar-refractivity contribution in [1.82, 2.24) is 14.1 Å². The van der Waals surface area contributed by atoms with Gasteiger partial charge in [-0.2, -0.15) is 12.1 Å². The molecule has 1 aliphatic rings. The fourth-order valence-electron chi connectivity index (χ4n) is 10.0. The van der Waals surface area contributed by atoms with Crippen LogP contribution < -0.4 is 9.64 Å². The van der Waals surface area contributed by atoms with E-state index in [1.54, 1.807) is 0 Å². The van der Waals surface area contributed by atoms with Gasteiger partial charge in [0.1, 0.15) is 5.82 Å². The summed E-state index contributed by atoms with van der Waals surface area (Å²) in [6.07, 6.45) is 1.91. The molecule has 8 aromatic carbocycles. The maximum atomic E-state index is 6.74. The van der Waals surface area contributed by atoms with Crippen molar-refractivity contribution < 1.29 is 25.8 Å². The van der Waals surface area contributed by atoms with Crippen molar-refractivity contribution in [2.75, 3.05) is 4.90 Å². The standard InChI is InChI=1S/C62H49N4O.Pt/c1-61(2,3)41-18-13-17-40(35-41)46-26-15-27-53-49-23-9-7-21-47(49)48-22-8-10-24-50(48)54-28-16-30-56-60(54)65(59(46)53)39-64(56)43-19-14-20-44(37-43)67-45-31-32-52-51-25-11-12-29-55(51)66(57(52)38-45)58-36-42(33-34-63-58)62(4,5)6;/h7-36,39H,1-6H3;/q-3;. The van der Waals surface area contributed by atoms with E-state index in [1.165, 1.54) is 38.2 Å². The van der Waals surface area contributed by atoms with Crippen LogP contribution in [0.2, 0.25) is 0 Å². The van der Waals surface area contributed by atoms with Crippen LogP contribution in [0.1, 0.15) is 52.7 Å². The molecule has 4 heterocycles. The van der Waals surface area contributed by atoms with Gasteiger partial charge in [0.25, 0.3) is 0 Å². The van der Waals surface area contributed by atoms with Crippen LogP contribution in [0.5, 0.6) is 11.5 Å². The van der Waals surface area contributed by atoms with Crippen molar-refractivity contribution in [2.45, 2.75) is 52.4 Å². The number of hydrogen-bond donors (Lipinski definition) is 0. The van der Waals surface area contributed by atoms with Crippen molar-refractivity contribution in [2.24, 2.45) is 0 Å². The van der Waals surface area contributed by atoms with E-state index in [1.807, 2.05) is 24.4 Å². The first-order valence-electron chi connectivity index (χ1n) is 23.1. The zero-order valence-electron chi connectivity index (χ0n) is 38.9. The maximum Gasteiger partial charge on any atom is 0.135 e. The van der Waals surface area contributed by atoms with Crippen LogP contribution in [-0.2, 0) is 31.9 Å². The minimum absolute atomic E-state index is 0. The van der Waals surface area contributed by atoms with Crippen LogP contribution in [0.25, 0.3) is 82.1 Å².